The molecule has 1 rings (SSSR count). The van der Waals surface area contributed by atoms with E-state index in [1.807, 2.05) is 0 Å². The Kier molecular flexibility index (Phi) is 4.97. The van der Waals surface area contributed by atoms with Crippen molar-refractivity contribution >= 4 is 11.8 Å². The highest BCUT2D eigenvalue weighted by molar-refractivity contribution is 6.34. The molecule has 1 aromatic rings. The third-order valence-electron chi connectivity index (χ3n) is 3.25. The van der Waals surface area contributed by atoms with Crippen LogP contribution in [-0.2, 0) is 21.9 Å². The van der Waals surface area contributed by atoms with Gasteiger partial charge in [0.25, 0.3) is 0 Å². The summed E-state index contributed by atoms with van der Waals surface area (Å²) in [7, 11) is 1.02. The van der Waals surface area contributed by atoms with Crippen LogP contribution in [0.1, 0.15) is 29.7 Å². The molecule has 0 radical (unpaired) electrons. The number of alkyl halides is 6. The molecule has 10 heteroatoms. The first kappa shape index (κ1) is 18.8. The molecule has 23 heavy (non-hydrogen) atoms. The minimum absolute atomic E-state index is 0.0333. The number of likely N-dealkylation sites (N-methyl/N-ethyl adjacent to an activating group) is 1. The average molecular weight is 342 g/mol. The highest BCUT2D eigenvalue weighted by Crippen LogP contribution is 2.39. The summed E-state index contributed by atoms with van der Waals surface area (Å²) in [5.41, 5.74) is 1.17. The van der Waals surface area contributed by atoms with Gasteiger partial charge in [-0.2, -0.15) is 26.3 Å². The van der Waals surface area contributed by atoms with Crippen molar-refractivity contribution in [1.29, 1.82) is 0 Å². The molecule has 0 aromatic heterocycles. The van der Waals surface area contributed by atoms with Crippen molar-refractivity contribution in [3.05, 3.63) is 34.9 Å². The Morgan fingerprint density at radius 3 is 2.00 bits per heavy atom. The Balaban J connectivity index is 3.41. The van der Waals surface area contributed by atoms with Crippen LogP contribution in [0.4, 0.5) is 26.3 Å². The lowest BCUT2D eigenvalue weighted by Crippen LogP contribution is -2.39. The number of benzene rings is 1. The number of hydrogen-bond donors (Lipinski definition) is 1. The zero-order chi connectivity index (χ0) is 18.2. The Labute approximate surface area is 126 Å². The van der Waals surface area contributed by atoms with Gasteiger partial charge in [-0.3, -0.25) is 9.59 Å². The van der Waals surface area contributed by atoms with Crippen molar-refractivity contribution in [3.63, 3.8) is 0 Å². The second-order valence-corrected chi connectivity index (χ2v) is 4.75. The van der Waals surface area contributed by atoms with Crippen molar-refractivity contribution in [2.24, 2.45) is 5.73 Å². The summed E-state index contributed by atoms with van der Waals surface area (Å²) in [6.07, 6.45) is -10.0. The number of amides is 2. The average Bonchev–Trinajstić information content (AvgIpc) is 2.42. The van der Waals surface area contributed by atoms with Gasteiger partial charge in [0, 0.05) is 7.05 Å². The lowest BCUT2D eigenvalue weighted by molar-refractivity contribution is -0.146. The van der Waals surface area contributed by atoms with Gasteiger partial charge in [-0.1, -0.05) is 6.07 Å². The highest BCUT2D eigenvalue weighted by Gasteiger charge is 2.39. The largest absolute Gasteiger partial charge is 0.416 e. The Morgan fingerprint density at radius 1 is 1.09 bits per heavy atom. The molecule has 0 heterocycles. The zero-order valence-corrected chi connectivity index (χ0v) is 11.9. The van der Waals surface area contributed by atoms with E-state index in [-0.39, 0.29) is 6.07 Å². The summed E-state index contributed by atoms with van der Waals surface area (Å²) < 4.78 is 76.9. The number of primary amides is 1. The molecule has 0 saturated heterocycles. The van der Waals surface area contributed by atoms with Crippen LogP contribution in [0, 0.1) is 0 Å². The third-order valence-corrected chi connectivity index (χ3v) is 3.25. The van der Waals surface area contributed by atoms with Crippen LogP contribution in [-0.4, -0.2) is 23.8 Å². The van der Waals surface area contributed by atoms with Gasteiger partial charge in [0.2, 0.25) is 0 Å². The van der Waals surface area contributed by atoms with Crippen LogP contribution in [0.5, 0.6) is 0 Å². The first-order valence-corrected chi connectivity index (χ1v) is 6.11. The van der Waals surface area contributed by atoms with Crippen molar-refractivity contribution in [2.45, 2.75) is 25.3 Å². The van der Waals surface area contributed by atoms with Crippen LogP contribution in [0.2, 0.25) is 0 Å². The number of hydrogen-bond acceptors (Lipinski definition) is 2. The zero-order valence-electron chi connectivity index (χ0n) is 11.9. The van der Waals surface area contributed by atoms with Gasteiger partial charge in [0.1, 0.15) is 0 Å². The van der Waals surface area contributed by atoms with Crippen molar-refractivity contribution < 1.29 is 35.9 Å². The standard InChI is InChI=1S/C13H12F6N2O2/c1-6(21(2)11(23)10(20)22)8-4-3-7(12(14,15)16)5-9(8)13(17,18)19/h3-6H,1-2H3,(H2,20,22). The predicted molar refractivity (Wildman–Crippen MR) is 66.8 cm³/mol. The summed E-state index contributed by atoms with van der Waals surface area (Å²) in [6, 6.07) is -0.243. The SMILES string of the molecule is CC(c1ccc(C(F)(F)F)cc1C(F)(F)F)N(C)C(=O)C(N)=O. The summed E-state index contributed by atoms with van der Waals surface area (Å²) >= 11 is 0. The molecule has 128 valence electrons. The molecule has 0 spiro atoms. The van der Waals surface area contributed by atoms with E-state index in [1.54, 1.807) is 0 Å². The number of nitrogens with zero attached hydrogens (tertiary/aromatic N) is 1. The normalized spacial score (nSPS) is 13.6. The molecule has 0 aliphatic carbocycles. The van der Waals surface area contributed by atoms with Gasteiger partial charge in [0.15, 0.2) is 0 Å². The maximum atomic E-state index is 13.0. The molecular weight excluding hydrogens is 330 g/mol. The van der Waals surface area contributed by atoms with Crippen LogP contribution < -0.4 is 5.73 Å². The first-order chi connectivity index (χ1) is 10.3. The Morgan fingerprint density at radius 2 is 1.61 bits per heavy atom. The predicted octanol–water partition coefficient (Wildman–Crippen LogP) is 2.73. The topological polar surface area (TPSA) is 63.4 Å². The second kappa shape index (κ2) is 6.09. The summed E-state index contributed by atoms with van der Waals surface area (Å²) in [5.74, 6) is -2.65. The number of carbonyl (C=O) groups excluding carboxylic acids is 2. The van der Waals surface area contributed by atoms with E-state index in [9.17, 15) is 35.9 Å². The maximum Gasteiger partial charge on any atom is 0.416 e. The van der Waals surface area contributed by atoms with Gasteiger partial charge < -0.3 is 10.6 Å². The van der Waals surface area contributed by atoms with E-state index in [0.29, 0.717) is 17.0 Å². The van der Waals surface area contributed by atoms with Crippen molar-refractivity contribution in [1.82, 2.24) is 4.90 Å². The quantitative estimate of drug-likeness (QED) is 0.663. The van der Waals surface area contributed by atoms with Crippen LogP contribution in [0.25, 0.3) is 0 Å². The summed E-state index contributed by atoms with van der Waals surface area (Å²) in [6.45, 7) is 1.14. The molecule has 4 nitrogen and oxygen atoms in total. The Hall–Kier alpha value is -2.26. The second-order valence-electron chi connectivity index (χ2n) is 4.75. The van der Waals surface area contributed by atoms with Crippen LogP contribution in [0.15, 0.2) is 18.2 Å². The van der Waals surface area contributed by atoms with E-state index < -0.39 is 46.9 Å². The van der Waals surface area contributed by atoms with Crippen LogP contribution in [0.3, 0.4) is 0 Å². The van der Waals surface area contributed by atoms with Gasteiger partial charge in [-0.15, -0.1) is 0 Å². The molecule has 0 aliphatic rings. The minimum atomic E-state index is -5.07. The fourth-order valence-corrected chi connectivity index (χ4v) is 1.90. The van der Waals surface area contributed by atoms with Gasteiger partial charge in [-0.05, 0) is 24.6 Å². The van der Waals surface area contributed by atoms with E-state index in [1.165, 1.54) is 0 Å². The smallest absolute Gasteiger partial charge is 0.361 e. The molecule has 1 aromatic carbocycles. The third kappa shape index (κ3) is 4.14. The lowest BCUT2D eigenvalue weighted by Gasteiger charge is -2.27. The maximum absolute atomic E-state index is 13.0. The molecule has 2 amide bonds. The molecule has 0 saturated carbocycles. The molecule has 1 atom stereocenters. The molecule has 0 fully saturated rings. The van der Waals surface area contributed by atoms with E-state index in [4.69, 9.17) is 5.73 Å². The number of carbonyl (C=O) groups is 2. The number of rotatable bonds is 2. The number of nitrogens with two attached hydrogens (primary N) is 1. The van der Waals surface area contributed by atoms with Gasteiger partial charge in [-0.25, -0.2) is 0 Å². The summed E-state index contributed by atoms with van der Waals surface area (Å²) in [4.78, 5) is 22.9. The number of halogens is 6. The molecular formula is C13H12F6N2O2. The molecule has 1 unspecified atom stereocenters. The van der Waals surface area contributed by atoms with E-state index in [0.717, 1.165) is 14.0 Å². The van der Waals surface area contributed by atoms with E-state index in [2.05, 4.69) is 0 Å². The van der Waals surface area contributed by atoms with E-state index >= 15 is 0 Å². The van der Waals surface area contributed by atoms with Crippen molar-refractivity contribution in [3.8, 4) is 0 Å². The van der Waals surface area contributed by atoms with Gasteiger partial charge in [0.05, 0.1) is 17.2 Å². The lowest BCUT2D eigenvalue weighted by atomic mass is 9.97. The minimum Gasteiger partial charge on any atom is -0.361 e. The molecule has 2 N–H and O–H groups in total. The molecule has 0 aliphatic heterocycles. The fraction of sp³-hybridized carbons (Fsp3) is 0.385. The molecule has 0 bridgehead atoms. The fourth-order valence-electron chi connectivity index (χ4n) is 1.90. The van der Waals surface area contributed by atoms with Crippen molar-refractivity contribution in [2.75, 3.05) is 7.05 Å². The van der Waals surface area contributed by atoms with Gasteiger partial charge >= 0.3 is 24.2 Å². The van der Waals surface area contributed by atoms with Crippen LogP contribution >= 0.6 is 0 Å². The first-order valence-electron chi connectivity index (χ1n) is 6.11. The monoisotopic (exact) mass is 342 g/mol. The highest BCUT2D eigenvalue weighted by atomic mass is 19.4. The summed E-state index contributed by atoms with van der Waals surface area (Å²) in [5, 5.41) is 0. The Bertz CT molecular complexity index is 624.